The average molecular weight is 164 g/mol. The zero-order valence-electron chi connectivity index (χ0n) is 7.12. The van der Waals surface area contributed by atoms with Crippen LogP contribution in [0.15, 0.2) is 24.3 Å². The lowest BCUT2D eigenvalue weighted by molar-refractivity contribution is 0.0884. The molecule has 0 spiro atoms. The van der Waals surface area contributed by atoms with Gasteiger partial charge < -0.3 is 9.47 Å². The lowest BCUT2D eigenvalue weighted by Crippen LogP contribution is -2.28. The van der Waals surface area contributed by atoms with Gasteiger partial charge in [-0.15, -0.1) is 0 Å². The van der Waals surface area contributed by atoms with Gasteiger partial charge >= 0.3 is 0 Å². The van der Waals surface area contributed by atoms with Crippen molar-refractivity contribution >= 4 is 0 Å². The Morgan fingerprint density at radius 3 is 2.83 bits per heavy atom. The van der Waals surface area contributed by atoms with Gasteiger partial charge in [-0.25, -0.2) is 0 Å². The molecule has 1 aliphatic heterocycles. The Labute approximate surface area is 72.1 Å². The van der Waals surface area contributed by atoms with Crippen molar-refractivity contribution in [3.63, 3.8) is 0 Å². The van der Waals surface area contributed by atoms with E-state index in [2.05, 4.69) is 6.92 Å². The minimum absolute atomic E-state index is 0.222. The highest BCUT2D eigenvalue weighted by molar-refractivity contribution is 5.40. The molecule has 0 aliphatic carbocycles. The molecule has 2 rings (SSSR count). The summed E-state index contributed by atoms with van der Waals surface area (Å²) in [6.45, 7) is 2.77. The topological polar surface area (TPSA) is 18.5 Å². The standard InChI is InChI=1S/C10H12O2/c1-2-8-7-11-9-5-3-4-6-10(9)12-8/h3-6,8H,2,7H2,1H3. The predicted molar refractivity (Wildman–Crippen MR) is 46.6 cm³/mol. The van der Waals surface area contributed by atoms with Crippen LogP contribution >= 0.6 is 0 Å². The summed E-state index contributed by atoms with van der Waals surface area (Å²) < 4.78 is 11.2. The normalized spacial score (nSPS) is 20.6. The molecule has 1 unspecified atom stereocenters. The molecule has 1 aliphatic rings. The van der Waals surface area contributed by atoms with E-state index in [4.69, 9.17) is 9.47 Å². The Kier molecular flexibility index (Phi) is 1.90. The van der Waals surface area contributed by atoms with Crippen LogP contribution < -0.4 is 9.47 Å². The number of rotatable bonds is 1. The van der Waals surface area contributed by atoms with Crippen molar-refractivity contribution < 1.29 is 9.47 Å². The van der Waals surface area contributed by atoms with E-state index in [1.54, 1.807) is 0 Å². The van der Waals surface area contributed by atoms with Gasteiger partial charge in [0, 0.05) is 0 Å². The molecule has 0 fully saturated rings. The lowest BCUT2D eigenvalue weighted by Gasteiger charge is -2.25. The van der Waals surface area contributed by atoms with Gasteiger partial charge in [0.15, 0.2) is 11.5 Å². The smallest absolute Gasteiger partial charge is 0.161 e. The second kappa shape index (κ2) is 3.05. The molecular formula is C10H12O2. The molecule has 12 heavy (non-hydrogen) atoms. The molecule has 1 aromatic carbocycles. The maximum Gasteiger partial charge on any atom is 0.161 e. The zero-order chi connectivity index (χ0) is 8.39. The first-order valence-corrected chi connectivity index (χ1v) is 4.28. The molecule has 0 saturated heterocycles. The summed E-state index contributed by atoms with van der Waals surface area (Å²) in [5.74, 6) is 1.73. The number of fused-ring (bicyclic) bond motifs is 1. The summed E-state index contributed by atoms with van der Waals surface area (Å²) >= 11 is 0. The monoisotopic (exact) mass is 164 g/mol. The van der Waals surface area contributed by atoms with E-state index in [-0.39, 0.29) is 6.10 Å². The lowest BCUT2D eigenvalue weighted by atomic mass is 10.2. The van der Waals surface area contributed by atoms with E-state index in [0.29, 0.717) is 6.61 Å². The zero-order valence-corrected chi connectivity index (χ0v) is 7.12. The van der Waals surface area contributed by atoms with Crippen molar-refractivity contribution in [1.29, 1.82) is 0 Å². The van der Waals surface area contributed by atoms with Crippen LogP contribution in [-0.4, -0.2) is 12.7 Å². The van der Waals surface area contributed by atoms with Crippen LogP contribution in [0, 0.1) is 0 Å². The molecule has 0 bridgehead atoms. The maximum atomic E-state index is 5.66. The number of hydrogen-bond donors (Lipinski definition) is 0. The Morgan fingerprint density at radius 1 is 1.33 bits per heavy atom. The predicted octanol–water partition coefficient (Wildman–Crippen LogP) is 2.24. The highest BCUT2D eigenvalue weighted by Crippen LogP contribution is 2.31. The molecule has 1 atom stereocenters. The fraction of sp³-hybridized carbons (Fsp3) is 0.400. The number of ether oxygens (including phenoxy) is 2. The minimum Gasteiger partial charge on any atom is -0.486 e. The van der Waals surface area contributed by atoms with Crippen LogP contribution in [0.1, 0.15) is 13.3 Å². The third-order valence-corrected chi connectivity index (χ3v) is 2.02. The van der Waals surface area contributed by atoms with E-state index in [1.165, 1.54) is 0 Å². The van der Waals surface area contributed by atoms with Gasteiger partial charge in [0.1, 0.15) is 12.7 Å². The van der Waals surface area contributed by atoms with Crippen molar-refractivity contribution in [2.24, 2.45) is 0 Å². The molecule has 2 nitrogen and oxygen atoms in total. The number of hydrogen-bond acceptors (Lipinski definition) is 2. The van der Waals surface area contributed by atoms with Crippen molar-refractivity contribution in [1.82, 2.24) is 0 Å². The van der Waals surface area contributed by atoms with E-state index in [0.717, 1.165) is 17.9 Å². The quantitative estimate of drug-likeness (QED) is 0.633. The van der Waals surface area contributed by atoms with Gasteiger partial charge in [-0.05, 0) is 18.6 Å². The molecule has 2 heteroatoms. The van der Waals surface area contributed by atoms with Gasteiger partial charge in [-0.1, -0.05) is 19.1 Å². The first-order valence-electron chi connectivity index (χ1n) is 4.28. The first-order chi connectivity index (χ1) is 5.90. The third-order valence-electron chi connectivity index (χ3n) is 2.02. The molecule has 64 valence electrons. The summed E-state index contributed by atoms with van der Waals surface area (Å²) in [5.41, 5.74) is 0. The van der Waals surface area contributed by atoms with Crippen LogP contribution in [0.4, 0.5) is 0 Å². The first kappa shape index (κ1) is 7.47. The summed E-state index contributed by atoms with van der Waals surface area (Å²) in [6, 6.07) is 7.78. The second-order valence-electron chi connectivity index (χ2n) is 2.91. The van der Waals surface area contributed by atoms with Gasteiger partial charge in [0.2, 0.25) is 0 Å². The maximum absolute atomic E-state index is 5.66. The highest BCUT2D eigenvalue weighted by Gasteiger charge is 2.17. The largest absolute Gasteiger partial charge is 0.486 e. The second-order valence-corrected chi connectivity index (χ2v) is 2.91. The minimum atomic E-state index is 0.222. The average Bonchev–Trinajstić information content (AvgIpc) is 2.17. The van der Waals surface area contributed by atoms with Crippen molar-refractivity contribution in [3.8, 4) is 11.5 Å². The number of benzene rings is 1. The van der Waals surface area contributed by atoms with Gasteiger partial charge in [0.05, 0.1) is 0 Å². The highest BCUT2D eigenvalue weighted by atomic mass is 16.6. The van der Waals surface area contributed by atoms with Crippen molar-refractivity contribution in [2.75, 3.05) is 6.61 Å². The molecule has 1 heterocycles. The third kappa shape index (κ3) is 1.24. The molecule has 0 amide bonds. The van der Waals surface area contributed by atoms with Gasteiger partial charge in [0.25, 0.3) is 0 Å². The van der Waals surface area contributed by atoms with E-state index in [1.807, 2.05) is 24.3 Å². The van der Waals surface area contributed by atoms with Crippen LogP contribution in [-0.2, 0) is 0 Å². The number of para-hydroxylation sites is 2. The summed E-state index contributed by atoms with van der Waals surface area (Å²) in [6.07, 6.45) is 1.22. The fourth-order valence-electron chi connectivity index (χ4n) is 1.26. The van der Waals surface area contributed by atoms with Crippen LogP contribution in [0.25, 0.3) is 0 Å². The molecule has 0 radical (unpaired) electrons. The van der Waals surface area contributed by atoms with Crippen LogP contribution in [0.2, 0.25) is 0 Å². The van der Waals surface area contributed by atoms with Gasteiger partial charge in [-0.3, -0.25) is 0 Å². The molecule has 1 aromatic rings. The molecule has 0 aromatic heterocycles. The van der Waals surface area contributed by atoms with E-state index < -0.39 is 0 Å². The summed E-state index contributed by atoms with van der Waals surface area (Å²) in [7, 11) is 0. The Morgan fingerprint density at radius 2 is 2.08 bits per heavy atom. The Balaban J connectivity index is 2.23. The van der Waals surface area contributed by atoms with E-state index in [9.17, 15) is 0 Å². The van der Waals surface area contributed by atoms with Crippen molar-refractivity contribution in [3.05, 3.63) is 24.3 Å². The van der Waals surface area contributed by atoms with Crippen molar-refractivity contribution in [2.45, 2.75) is 19.4 Å². The molecular weight excluding hydrogens is 152 g/mol. The van der Waals surface area contributed by atoms with Gasteiger partial charge in [-0.2, -0.15) is 0 Å². The summed E-state index contributed by atoms with van der Waals surface area (Å²) in [5, 5.41) is 0. The van der Waals surface area contributed by atoms with E-state index >= 15 is 0 Å². The molecule has 0 saturated carbocycles. The summed E-state index contributed by atoms with van der Waals surface area (Å²) in [4.78, 5) is 0. The molecule has 0 N–H and O–H groups in total. The fourth-order valence-corrected chi connectivity index (χ4v) is 1.26. The van der Waals surface area contributed by atoms with Crippen LogP contribution in [0.3, 0.4) is 0 Å². The van der Waals surface area contributed by atoms with Crippen LogP contribution in [0.5, 0.6) is 11.5 Å². The Hall–Kier alpha value is -1.18. The Bertz CT molecular complexity index is 270. The SMILES string of the molecule is CCC1COc2ccccc2O1.